The van der Waals surface area contributed by atoms with Crippen molar-refractivity contribution < 1.29 is 14.3 Å². The maximum absolute atomic E-state index is 13.0. The normalized spacial score (nSPS) is 11.8. The molecule has 2 aromatic carbocycles. The van der Waals surface area contributed by atoms with Crippen LogP contribution in [0.5, 0.6) is 5.75 Å². The van der Waals surface area contributed by atoms with E-state index >= 15 is 0 Å². The smallest absolute Gasteiger partial charge is 0.261 e. The first-order valence-corrected chi connectivity index (χ1v) is 10.0. The molecule has 0 bridgehead atoms. The van der Waals surface area contributed by atoms with Crippen LogP contribution in [0, 0.1) is 20.8 Å². The van der Waals surface area contributed by atoms with Crippen LogP contribution in [0.1, 0.15) is 43.0 Å². The first-order chi connectivity index (χ1) is 13.7. The second-order valence-corrected chi connectivity index (χ2v) is 7.83. The van der Waals surface area contributed by atoms with E-state index in [1.807, 2.05) is 77.1 Å². The molecule has 0 aliphatic rings. The highest BCUT2D eigenvalue weighted by molar-refractivity contribution is 5.88. The van der Waals surface area contributed by atoms with Gasteiger partial charge in [0.05, 0.1) is 0 Å². The molecule has 0 saturated carbocycles. The number of hydrogen-bond donors (Lipinski definition) is 1. The van der Waals surface area contributed by atoms with Crippen LogP contribution in [0.15, 0.2) is 42.5 Å². The summed E-state index contributed by atoms with van der Waals surface area (Å²) in [6.45, 7) is 11.8. The van der Waals surface area contributed by atoms with Crippen LogP contribution in [0.3, 0.4) is 0 Å². The summed E-state index contributed by atoms with van der Waals surface area (Å²) in [6, 6.07) is 13.1. The molecular weight excluding hydrogens is 364 g/mol. The number of ether oxygens (including phenoxy) is 1. The summed E-state index contributed by atoms with van der Waals surface area (Å²) in [7, 11) is 0. The molecule has 2 aromatic rings. The third kappa shape index (κ3) is 6.34. The minimum absolute atomic E-state index is 0.00692. The van der Waals surface area contributed by atoms with E-state index in [-0.39, 0.29) is 24.5 Å². The Morgan fingerprint density at radius 3 is 2.28 bits per heavy atom. The summed E-state index contributed by atoms with van der Waals surface area (Å²) in [5.74, 6) is 0.290. The lowest BCUT2D eigenvalue weighted by Crippen LogP contribution is -2.50. The van der Waals surface area contributed by atoms with Crippen LogP contribution in [0.2, 0.25) is 0 Å². The molecule has 1 N–H and O–H groups in total. The Morgan fingerprint density at radius 2 is 1.66 bits per heavy atom. The van der Waals surface area contributed by atoms with E-state index in [1.54, 1.807) is 11.8 Å². The molecule has 0 aromatic heterocycles. The molecule has 0 aliphatic carbocycles. The largest absolute Gasteiger partial charge is 0.483 e. The summed E-state index contributed by atoms with van der Waals surface area (Å²) >= 11 is 0. The van der Waals surface area contributed by atoms with Crippen LogP contribution in [0.25, 0.3) is 0 Å². The van der Waals surface area contributed by atoms with E-state index in [2.05, 4.69) is 5.32 Å². The number of aryl methyl sites for hydroxylation is 2. The molecule has 5 heteroatoms. The molecule has 0 saturated heterocycles. The van der Waals surface area contributed by atoms with Crippen molar-refractivity contribution in [1.29, 1.82) is 0 Å². The number of amides is 2. The van der Waals surface area contributed by atoms with Crippen molar-refractivity contribution >= 4 is 11.8 Å². The van der Waals surface area contributed by atoms with Crippen molar-refractivity contribution in [2.75, 3.05) is 6.61 Å². The van der Waals surface area contributed by atoms with Crippen molar-refractivity contribution in [3.8, 4) is 5.75 Å². The Bertz CT molecular complexity index is 844. The lowest BCUT2D eigenvalue weighted by atomic mass is 10.1. The number of carbonyl (C=O) groups is 2. The summed E-state index contributed by atoms with van der Waals surface area (Å²) in [5, 5.41) is 2.89. The molecular formula is C24H32N2O3. The van der Waals surface area contributed by atoms with Crippen LogP contribution in [0.4, 0.5) is 0 Å². The van der Waals surface area contributed by atoms with Crippen molar-refractivity contribution in [3.63, 3.8) is 0 Å². The molecule has 0 heterocycles. The summed E-state index contributed by atoms with van der Waals surface area (Å²) in [5.41, 5.74) is 4.24. The zero-order valence-electron chi connectivity index (χ0n) is 18.3. The van der Waals surface area contributed by atoms with Crippen molar-refractivity contribution in [1.82, 2.24) is 10.2 Å². The van der Waals surface area contributed by atoms with Gasteiger partial charge in [0.1, 0.15) is 11.8 Å². The number of nitrogens with zero attached hydrogens (tertiary/aromatic N) is 1. The third-order valence-electron chi connectivity index (χ3n) is 4.98. The minimum Gasteiger partial charge on any atom is -0.483 e. The Balaban J connectivity index is 2.17. The van der Waals surface area contributed by atoms with Crippen LogP contribution >= 0.6 is 0 Å². The number of hydrogen-bond acceptors (Lipinski definition) is 3. The first kappa shape index (κ1) is 22.5. The predicted octanol–water partition coefficient (Wildman–Crippen LogP) is 3.93. The maximum Gasteiger partial charge on any atom is 0.261 e. The van der Waals surface area contributed by atoms with Gasteiger partial charge in [-0.1, -0.05) is 42.0 Å². The summed E-state index contributed by atoms with van der Waals surface area (Å²) in [6.07, 6.45) is 0. The highest BCUT2D eigenvalue weighted by Crippen LogP contribution is 2.21. The van der Waals surface area contributed by atoms with E-state index in [4.69, 9.17) is 4.74 Å². The van der Waals surface area contributed by atoms with Crippen LogP contribution < -0.4 is 10.1 Å². The third-order valence-corrected chi connectivity index (χ3v) is 4.98. The minimum atomic E-state index is -0.603. The van der Waals surface area contributed by atoms with E-state index in [0.717, 1.165) is 22.3 Å². The maximum atomic E-state index is 13.0. The fraction of sp³-hybridized carbons (Fsp3) is 0.417. The number of benzene rings is 2. The molecule has 0 unspecified atom stereocenters. The molecule has 156 valence electrons. The van der Waals surface area contributed by atoms with Gasteiger partial charge in [-0.3, -0.25) is 9.59 Å². The molecule has 0 radical (unpaired) electrons. The van der Waals surface area contributed by atoms with Crippen molar-refractivity contribution in [2.45, 2.75) is 60.2 Å². The van der Waals surface area contributed by atoms with Gasteiger partial charge in [0.25, 0.3) is 5.91 Å². The zero-order chi connectivity index (χ0) is 21.6. The van der Waals surface area contributed by atoms with Gasteiger partial charge in [-0.2, -0.15) is 0 Å². The predicted molar refractivity (Wildman–Crippen MR) is 116 cm³/mol. The summed E-state index contributed by atoms with van der Waals surface area (Å²) < 4.78 is 5.81. The molecule has 29 heavy (non-hydrogen) atoms. The molecule has 0 spiro atoms. The van der Waals surface area contributed by atoms with Gasteiger partial charge in [-0.05, 0) is 64.3 Å². The van der Waals surface area contributed by atoms with Crippen molar-refractivity contribution in [2.24, 2.45) is 0 Å². The van der Waals surface area contributed by atoms with Gasteiger partial charge < -0.3 is 15.0 Å². The summed E-state index contributed by atoms with van der Waals surface area (Å²) in [4.78, 5) is 27.2. The molecule has 5 nitrogen and oxygen atoms in total. The van der Waals surface area contributed by atoms with Gasteiger partial charge in [0.2, 0.25) is 5.91 Å². The average molecular weight is 397 g/mol. The standard InChI is InChI=1S/C24H32N2O3/c1-16(2)25-24(28)20(6)26(14-21-12-10-17(3)11-13-21)23(27)15-29-22-9-7-8-18(4)19(22)5/h7-13,16,20H,14-15H2,1-6H3,(H,25,28)/t20-/m1/s1. The van der Waals surface area contributed by atoms with Crippen molar-refractivity contribution in [3.05, 3.63) is 64.7 Å². The van der Waals surface area contributed by atoms with Gasteiger partial charge in [-0.15, -0.1) is 0 Å². The SMILES string of the molecule is Cc1ccc(CN(C(=O)COc2cccc(C)c2C)[C@H](C)C(=O)NC(C)C)cc1. The zero-order valence-corrected chi connectivity index (χ0v) is 18.3. The number of carbonyl (C=O) groups excluding carboxylic acids is 2. The monoisotopic (exact) mass is 396 g/mol. The van der Waals surface area contributed by atoms with Gasteiger partial charge in [-0.25, -0.2) is 0 Å². The van der Waals surface area contributed by atoms with Gasteiger partial charge >= 0.3 is 0 Å². The highest BCUT2D eigenvalue weighted by Gasteiger charge is 2.27. The van der Waals surface area contributed by atoms with E-state index < -0.39 is 6.04 Å². The molecule has 0 aliphatic heterocycles. The number of rotatable bonds is 8. The quantitative estimate of drug-likeness (QED) is 0.735. The van der Waals surface area contributed by atoms with Crippen LogP contribution in [-0.4, -0.2) is 35.4 Å². The van der Waals surface area contributed by atoms with Gasteiger partial charge in [0, 0.05) is 12.6 Å². The second kappa shape index (κ2) is 10.1. The lowest BCUT2D eigenvalue weighted by molar-refractivity contribution is -0.142. The topological polar surface area (TPSA) is 58.6 Å². The Morgan fingerprint density at radius 1 is 1.00 bits per heavy atom. The number of nitrogens with one attached hydrogen (secondary N) is 1. The van der Waals surface area contributed by atoms with E-state index in [0.29, 0.717) is 12.3 Å². The molecule has 1 atom stereocenters. The highest BCUT2D eigenvalue weighted by atomic mass is 16.5. The first-order valence-electron chi connectivity index (χ1n) is 10.0. The fourth-order valence-corrected chi connectivity index (χ4v) is 2.98. The average Bonchev–Trinajstić information content (AvgIpc) is 2.67. The van der Waals surface area contributed by atoms with Crippen LogP contribution in [-0.2, 0) is 16.1 Å². The molecule has 0 fully saturated rings. The van der Waals surface area contributed by atoms with Gasteiger partial charge in [0.15, 0.2) is 6.61 Å². The molecule has 2 amide bonds. The Labute approximate surface area is 174 Å². The van der Waals surface area contributed by atoms with E-state index in [9.17, 15) is 9.59 Å². The second-order valence-electron chi connectivity index (χ2n) is 7.83. The Hall–Kier alpha value is -2.82. The lowest BCUT2D eigenvalue weighted by Gasteiger charge is -2.29. The Kier molecular flexibility index (Phi) is 7.82. The van der Waals surface area contributed by atoms with E-state index in [1.165, 1.54) is 0 Å². The fourth-order valence-electron chi connectivity index (χ4n) is 2.98. The molecule has 2 rings (SSSR count).